The molecule has 1 saturated heterocycles. The SMILES string of the molecule is CCCN1CCC(Nc2ncc(C(=O)O)cc2N)CC1. The number of aromatic carboxylic acids is 1. The predicted molar refractivity (Wildman–Crippen MR) is 79.0 cm³/mol. The van der Waals surface area contributed by atoms with Crippen molar-refractivity contribution in [2.24, 2.45) is 0 Å². The molecule has 6 nitrogen and oxygen atoms in total. The van der Waals surface area contributed by atoms with E-state index in [1.807, 2.05) is 0 Å². The van der Waals surface area contributed by atoms with E-state index in [2.05, 4.69) is 22.1 Å². The summed E-state index contributed by atoms with van der Waals surface area (Å²) in [7, 11) is 0. The summed E-state index contributed by atoms with van der Waals surface area (Å²) < 4.78 is 0. The highest BCUT2D eigenvalue weighted by atomic mass is 16.4. The van der Waals surface area contributed by atoms with Crippen LogP contribution >= 0.6 is 0 Å². The van der Waals surface area contributed by atoms with Gasteiger partial charge in [-0.2, -0.15) is 0 Å². The molecule has 1 aromatic heterocycles. The Labute approximate surface area is 119 Å². The van der Waals surface area contributed by atoms with Gasteiger partial charge in [0, 0.05) is 25.3 Å². The summed E-state index contributed by atoms with van der Waals surface area (Å²) >= 11 is 0. The fourth-order valence-electron chi connectivity index (χ4n) is 2.53. The van der Waals surface area contributed by atoms with E-state index in [1.165, 1.54) is 18.7 Å². The topological polar surface area (TPSA) is 91.5 Å². The van der Waals surface area contributed by atoms with Crippen LogP contribution in [-0.2, 0) is 0 Å². The van der Waals surface area contributed by atoms with Crippen LogP contribution in [0.1, 0.15) is 36.5 Å². The summed E-state index contributed by atoms with van der Waals surface area (Å²) in [6.45, 7) is 5.51. The van der Waals surface area contributed by atoms with Crippen molar-refractivity contribution in [3.05, 3.63) is 17.8 Å². The number of nitrogen functional groups attached to an aromatic ring is 1. The van der Waals surface area contributed by atoms with E-state index in [4.69, 9.17) is 10.8 Å². The van der Waals surface area contributed by atoms with Crippen LogP contribution in [0.2, 0.25) is 0 Å². The first kappa shape index (κ1) is 14.6. The number of hydrogen-bond donors (Lipinski definition) is 3. The first-order valence-corrected chi connectivity index (χ1v) is 7.08. The van der Waals surface area contributed by atoms with Crippen LogP contribution in [0, 0.1) is 0 Å². The van der Waals surface area contributed by atoms with Gasteiger partial charge >= 0.3 is 5.97 Å². The second-order valence-corrected chi connectivity index (χ2v) is 5.23. The Balaban J connectivity index is 1.93. The lowest BCUT2D eigenvalue weighted by Crippen LogP contribution is -2.39. The van der Waals surface area contributed by atoms with Crippen molar-refractivity contribution in [3.63, 3.8) is 0 Å². The van der Waals surface area contributed by atoms with Gasteiger partial charge in [-0.25, -0.2) is 9.78 Å². The van der Waals surface area contributed by atoms with Crippen molar-refractivity contribution in [3.8, 4) is 0 Å². The van der Waals surface area contributed by atoms with E-state index in [0.717, 1.165) is 32.5 Å². The van der Waals surface area contributed by atoms with Crippen molar-refractivity contribution in [1.29, 1.82) is 0 Å². The molecule has 0 amide bonds. The number of nitrogens with two attached hydrogens (primary N) is 1. The van der Waals surface area contributed by atoms with Crippen LogP contribution < -0.4 is 11.1 Å². The molecular weight excluding hydrogens is 256 g/mol. The second-order valence-electron chi connectivity index (χ2n) is 5.23. The van der Waals surface area contributed by atoms with Gasteiger partial charge < -0.3 is 21.1 Å². The van der Waals surface area contributed by atoms with E-state index < -0.39 is 5.97 Å². The van der Waals surface area contributed by atoms with Crippen molar-refractivity contribution in [1.82, 2.24) is 9.88 Å². The fraction of sp³-hybridized carbons (Fsp3) is 0.571. The summed E-state index contributed by atoms with van der Waals surface area (Å²) in [5.74, 6) is -0.424. The van der Waals surface area contributed by atoms with Crippen LogP contribution in [0.4, 0.5) is 11.5 Å². The first-order chi connectivity index (χ1) is 9.60. The molecule has 4 N–H and O–H groups in total. The van der Waals surface area contributed by atoms with Crippen LogP contribution in [-0.4, -0.2) is 46.6 Å². The molecule has 0 spiro atoms. The van der Waals surface area contributed by atoms with Gasteiger partial charge in [0.05, 0.1) is 11.3 Å². The van der Waals surface area contributed by atoms with E-state index in [0.29, 0.717) is 17.5 Å². The highest BCUT2D eigenvalue weighted by Gasteiger charge is 2.19. The van der Waals surface area contributed by atoms with Crippen LogP contribution in [0.25, 0.3) is 0 Å². The third kappa shape index (κ3) is 3.60. The van der Waals surface area contributed by atoms with E-state index >= 15 is 0 Å². The van der Waals surface area contributed by atoms with Gasteiger partial charge in [-0.1, -0.05) is 6.92 Å². The number of aromatic nitrogens is 1. The molecule has 0 atom stereocenters. The number of carbonyl (C=O) groups is 1. The number of anilines is 2. The lowest BCUT2D eigenvalue weighted by molar-refractivity contribution is 0.0696. The first-order valence-electron chi connectivity index (χ1n) is 7.08. The minimum absolute atomic E-state index is 0.116. The lowest BCUT2D eigenvalue weighted by Gasteiger charge is -2.32. The van der Waals surface area contributed by atoms with Crippen molar-refractivity contribution in [2.45, 2.75) is 32.2 Å². The van der Waals surface area contributed by atoms with Crippen molar-refractivity contribution >= 4 is 17.5 Å². The molecule has 2 heterocycles. The third-order valence-corrected chi connectivity index (χ3v) is 3.63. The zero-order chi connectivity index (χ0) is 14.5. The molecule has 0 bridgehead atoms. The number of pyridine rings is 1. The van der Waals surface area contributed by atoms with Gasteiger partial charge in [-0.15, -0.1) is 0 Å². The number of likely N-dealkylation sites (tertiary alicyclic amines) is 1. The summed E-state index contributed by atoms with van der Waals surface area (Å²) in [4.78, 5) is 17.4. The Morgan fingerprint density at radius 3 is 2.80 bits per heavy atom. The largest absolute Gasteiger partial charge is 0.478 e. The molecule has 0 aromatic carbocycles. The van der Waals surface area contributed by atoms with Crippen molar-refractivity contribution < 1.29 is 9.90 Å². The summed E-state index contributed by atoms with van der Waals surface area (Å²) in [5, 5.41) is 12.2. The van der Waals surface area contributed by atoms with Crippen LogP contribution in [0.15, 0.2) is 12.3 Å². The Hall–Kier alpha value is -1.82. The molecule has 0 aliphatic carbocycles. The number of nitrogens with zero attached hydrogens (tertiary/aromatic N) is 2. The molecule has 20 heavy (non-hydrogen) atoms. The summed E-state index contributed by atoms with van der Waals surface area (Å²) in [5.41, 5.74) is 6.36. The van der Waals surface area contributed by atoms with Gasteiger partial charge in [0.1, 0.15) is 5.82 Å². The highest BCUT2D eigenvalue weighted by Crippen LogP contribution is 2.21. The average Bonchev–Trinajstić information content (AvgIpc) is 2.43. The lowest BCUT2D eigenvalue weighted by atomic mass is 10.0. The number of hydrogen-bond acceptors (Lipinski definition) is 5. The number of rotatable bonds is 5. The maximum Gasteiger partial charge on any atom is 0.337 e. The Bertz CT molecular complexity index is 470. The average molecular weight is 278 g/mol. The monoisotopic (exact) mass is 278 g/mol. The van der Waals surface area contributed by atoms with E-state index in [-0.39, 0.29) is 5.56 Å². The minimum Gasteiger partial charge on any atom is -0.478 e. The zero-order valence-electron chi connectivity index (χ0n) is 11.8. The molecule has 0 radical (unpaired) electrons. The maximum absolute atomic E-state index is 10.8. The Morgan fingerprint density at radius 1 is 1.55 bits per heavy atom. The smallest absolute Gasteiger partial charge is 0.337 e. The van der Waals surface area contributed by atoms with E-state index in [1.54, 1.807) is 0 Å². The Kier molecular flexibility index (Phi) is 4.79. The van der Waals surface area contributed by atoms with Gasteiger partial charge in [0.25, 0.3) is 0 Å². The standard InChI is InChI=1S/C14H22N4O2/c1-2-5-18-6-3-11(4-7-18)17-13-12(15)8-10(9-16-13)14(19)20/h8-9,11H,2-7,15H2,1H3,(H,16,17)(H,19,20). The maximum atomic E-state index is 10.8. The molecule has 1 fully saturated rings. The number of nitrogens with one attached hydrogen (secondary N) is 1. The highest BCUT2D eigenvalue weighted by molar-refractivity contribution is 5.89. The molecule has 1 aliphatic heterocycles. The van der Waals surface area contributed by atoms with Gasteiger partial charge in [0.2, 0.25) is 0 Å². The fourth-order valence-corrected chi connectivity index (χ4v) is 2.53. The Morgan fingerprint density at radius 2 is 2.25 bits per heavy atom. The molecule has 1 aliphatic rings. The molecule has 0 unspecified atom stereocenters. The number of piperidine rings is 1. The van der Waals surface area contributed by atoms with Crippen molar-refractivity contribution in [2.75, 3.05) is 30.7 Å². The summed E-state index contributed by atoms with van der Waals surface area (Å²) in [6, 6.07) is 1.80. The minimum atomic E-state index is -1.01. The molecule has 2 rings (SSSR count). The number of carboxylic acids is 1. The van der Waals surface area contributed by atoms with Crippen LogP contribution in [0.3, 0.4) is 0 Å². The molecule has 0 saturated carbocycles. The molecule has 6 heteroatoms. The molecule has 110 valence electrons. The van der Waals surface area contributed by atoms with Gasteiger partial charge in [-0.3, -0.25) is 0 Å². The third-order valence-electron chi connectivity index (χ3n) is 3.63. The number of carboxylic acid groups (broad SMARTS) is 1. The van der Waals surface area contributed by atoms with Gasteiger partial charge in [-0.05, 0) is 31.9 Å². The molecular formula is C14H22N4O2. The molecule has 1 aromatic rings. The van der Waals surface area contributed by atoms with E-state index in [9.17, 15) is 4.79 Å². The zero-order valence-corrected chi connectivity index (χ0v) is 11.8. The van der Waals surface area contributed by atoms with Crippen LogP contribution in [0.5, 0.6) is 0 Å². The van der Waals surface area contributed by atoms with Gasteiger partial charge in [0.15, 0.2) is 0 Å². The summed E-state index contributed by atoms with van der Waals surface area (Å²) in [6.07, 6.45) is 4.64. The second kappa shape index (κ2) is 6.56. The predicted octanol–water partition coefficient (Wildman–Crippen LogP) is 1.65. The quantitative estimate of drug-likeness (QED) is 0.758. The normalized spacial score (nSPS) is 17.1.